The Labute approximate surface area is 201 Å². The number of aromatic nitrogens is 3. The van der Waals surface area contributed by atoms with Gasteiger partial charge in [-0.3, -0.25) is 0 Å². The second-order valence-corrected chi connectivity index (χ2v) is 10.2. The highest BCUT2D eigenvalue weighted by atomic mass is 32.2. The van der Waals surface area contributed by atoms with Crippen LogP contribution in [0.5, 0.6) is 0 Å². The van der Waals surface area contributed by atoms with E-state index in [1.165, 1.54) is 6.07 Å². The average molecular weight is 497 g/mol. The van der Waals surface area contributed by atoms with Gasteiger partial charge in [-0.25, -0.2) is 4.39 Å². The summed E-state index contributed by atoms with van der Waals surface area (Å²) in [6.07, 6.45) is -1.84. The van der Waals surface area contributed by atoms with Crippen LogP contribution in [0.3, 0.4) is 0 Å². The van der Waals surface area contributed by atoms with Gasteiger partial charge in [0, 0.05) is 25.0 Å². The number of alkyl halides is 3. The molecule has 2 heterocycles. The van der Waals surface area contributed by atoms with Gasteiger partial charge in [0.15, 0.2) is 10.9 Å². The number of hydrogen-bond acceptors (Lipinski definition) is 6. The first-order valence-electron chi connectivity index (χ1n) is 11.2. The molecule has 1 aliphatic heterocycles. The quantitative estimate of drug-likeness (QED) is 0.191. The smallest absolute Gasteiger partial charge is 0.416 e. The molecule has 1 spiro atoms. The molecule has 0 radical (unpaired) electrons. The molecule has 2 aromatic rings. The van der Waals surface area contributed by atoms with Crippen molar-refractivity contribution in [3.63, 3.8) is 0 Å². The Bertz CT molecular complexity index is 1090. The Hall–Kier alpha value is -2.21. The molecule has 1 aromatic heterocycles. The van der Waals surface area contributed by atoms with E-state index in [0.717, 1.165) is 55.9 Å². The van der Waals surface area contributed by atoms with Crippen LogP contribution in [0.4, 0.5) is 17.6 Å². The minimum absolute atomic E-state index is 0.00646. The summed E-state index contributed by atoms with van der Waals surface area (Å²) in [5, 5.41) is 22.1. The third kappa shape index (κ3) is 4.93. The predicted octanol–water partition coefficient (Wildman–Crippen LogP) is 3.72. The molecule has 2 fully saturated rings. The lowest BCUT2D eigenvalue weighted by Gasteiger charge is -2.16. The zero-order chi connectivity index (χ0) is 24.7. The number of likely N-dealkylation sites (tertiary alicyclic amines) is 1. The van der Waals surface area contributed by atoms with Crippen LogP contribution in [0.25, 0.3) is 5.76 Å². The van der Waals surface area contributed by atoms with Crippen molar-refractivity contribution in [3.8, 4) is 0 Å². The van der Waals surface area contributed by atoms with Crippen molar-refractivity contribution in [2.24, 2.45) is 12.5 Å². The first kappa shape index (κ1) is 24.9. The summed E-state index contributed by atoms with van der Waals surface area (Å²) >= 11 is 1.57. The Kier molecular flexibility index (Phi) is 6.92. The van der Waals surface area contributed by atoms with E-state index < -0.39 is 17.6 Å². The largest absolute Gasteiger partial charge is 0.503 e. The minimum Gasteiger partial charge on any atom is -0.503 e. The molecule has 12 heteroatoms. The standard InChI is InChI=1S/C22H28BF4N5OS/c1-13(28-23)18(33)19-29-30-20(31(19)2)34-9-3-7-32-8-6-21(12-32)11-16(21)15-5-4-14(10-17(15)24)22(25,26)27/h4-5,10,16,28,33H,3,6-9,11-12,23H2,1-2H3/b18-13-/t16-,21?/m0/s1. The van der Waals surface area contributed by atoms with Gasteiger partial charge in [0.1, 0.15) is 5.82 Å². The summed E-state index contributed by atoms with van der Waals surface area (Å²) in [5.74, 6) is 0.553. The number of thioether (sulfide) groups is 1. The van der Waals surface area contributed by atoms with Gasteiger partial charge in [0.2, 0.25) is 13.8 Å². The Morgan fingerprint density at radius 1 is 1.35 bits per heavy atom. The highest BCUT2D eigenvalue weighted by Gasteiger charge is 2.58. The lowest BCUT2D eigenvalue weighted by molar-refractivity contribution is -0.137. The van der Waals surface area contributed by atoms with E-state index >= 15 is 0 Å². The third-order valence-electron chi connectivity index (χ3n) is 6.98. The molecular weight excluding hydrogens is 469 g/mol. The lowest BCUT2D eigenvalue weighted by Crippen LogP contribution is -2.23. The number of halogens is 4. The molecule has 1 unspecified atom stereocenters. The van der Waals surface area contributed by atoms with Gasteiger partial charge < -0.3 is 19.8 Å². The summed E-state index contributed by atoms with van der Waals surface area (Å²) in [6, 6.07) is 2.93. The molecule has 1 aliphatic carbocycles. The molecule has 0 amide bonds. The number of rotatable bonds is 8. The SMILES string of the molecule is BN/C(C)=C(\O)c1nnc(SCCCN2CCC3(C[C@H]3c3ccc(C(F)(F)F)cc3F)C2)n1C. The van der Waals surface area contributed by atoms with Crippen molar-refractivity contribution in [1.82, 2.24) is 24.9 Å². The summed E-state index contributed by atoms with van der Waals surface area (Å²) in [5.41, 5.74) is 0.0765. The topological polar surface area (TPSA) is 66.2 Å². The van der Waals surface area contributed by atoms with Crippen molar-refractivity contribution in [2.45, 2.75) is 43.4 Å². The molecule has 2 N–H and O–H groups in total. The highest BCUT2D eigenvalue weighted by Crippen LogP contribution is 2.64. The zero-order valence-corrected chi connectivity index (χ0v) is 20.2. The van der Waals surface area contributed by atoms with Gasteiger partial charge in [0.25, 0.3) is 0 Å². The molecule has 34 heavy (non-hydrogen) atoms. The van der Waals surface area contributed by atoms with E-state index in [9.17, 15) is 22.7 Å². The van der Waals surface area contributed by atoms with E-state index in [2.05, 4.69) is 20.3 Å². The van der Waals surface area contributed by atoms with Crippen LogP contribution in [0.1, 0.15) is 49.1 Å². The summed E-state index contributed by atoms with van der Waals surface area (Å²) in [6.45, 7) is 4.42. The van der Waals surface area contributed by atoms with Gasteiger partial charge >= 0.3 is 6.18 Å². The van der Waals surface area contributed by atoms with Crippen LogP contribution < -0.4 is 5.23 Å². The van der Waals surface area contributed by atoms with Crippen LogP contribution in [-0.2, 0) is 13.2 Å². The van der Waals surface area contributed by atoms with E-state index in [0.29, 0.717) is 23.2 Å². The molecule has 2 atom stereocenters. The number of allylic oxidation sites excluding steroid dienone is 1. The molecule has 1 saturated heterocycles. The van der Waals surface area contributed by atoms with Gasteiger partial charge in [-0.15, -0.1) is 10.2 Å². The van der Waals surface area contributed by atoms with Crippen molar-refractivity contribution >= 4 is 25.5 Å². The van der Waals surface area contributed by atoms with Gasteiger partial charge in [0.05, 0.1) is 5.56 Å². The highest BCUT2D eigenvalue weighted by molar-refractivity contribution is 7.99. The number of nitrogens with one attached hydrogen (secondary N) is 1. The monoisotopic (exact) mass is 497 g/mol. The second kappa shape index (κ2) is 9.45. The number of hydrogen-bond donors (Lipinski definition) is 2. The van der Waals surface area contributed by atoms with Gasteiger partial charge in [-0.05, 0) is 68.3 Å². The number of nitrogens with zero attached hydrogens (tertiary/aromatic N) is 4. The molecule has 4 rings (SSSR count). The van der Waals surface area contributed by atoms with E-state index in [1.54, 1.807) is 31.2 Å². The fourth-order valence-corrected chi connectivity index (χ4v) is 5.62. The maximum atomic E-state index is 14.4. The van der Waals surface area contributed by atoms with E-state index in [4.69, 9.17) is 0 Å². The second-order valence-electron chi connectivity index (χ2n) is 9.17. The predicted molar refractivity (Wildman–Crippen MR) is 125 cm³/mol. The van der Waals surface area contributed by atoms with Crippen LogP contribution >= 0.6 is 11.8 Å². The lowest BCUT2D eigenvalue weighted by atomic mass is 9.97. The molecule has 0 bridgehead atoms. The molecule has 6 nitrogen and oxygen atoms in total. The minimum atomic E-state index is -4.53. The van der Waals surface area contributed by atoms with Crippen molar-refractivity contribution in [1.29, 1.82) is 0 Å². The Morgan fingerprint density at radius 3 is 2.79 bits per heavy atom. The number of benzene rings is 1. The first-order chi connectivity index (χ1) is 16.1. The van der Waals surface area contributed by atoms with Crippen LogP contribution in [0, 0.1) is 11.2 Å². The van der Waals surface area contributed by atoms with Gasteiger partial charge in [-0.2, -0.15) is 13.2 Å². The normalized spacial score (nSPS) is 23.4. The summed E-state index contributed by atoms with van der Waals surface area (Å²) in [4.78, 5) is 2.36. The first-order valence-corrected chi connectivity index (χ1v) is 12.2. The maximum absolute atomic E-state index is 14.4. The van der Waals surface area contributed by atoms with Crippen molar-refractivity contribution in [3.05, 3.63) is 46.7 Å². The summed E-state index contributed by atoms with van der Waals surface area (Å²) < 4.78 is 54.6. The molecule has 1 aromatic carbocycles. The van der Waals surface area contributed by atoms with Crippen LogP contribution in [0.2, 0.25) is 0 Å². The van der Waals surface area contributed by atoms with Crippen LogP contribution in [-0.4, -0.2) is 58.1 Å². The fourth-order valence-electron chi connectivity index (χ4n) is 4.78. The van der Waals surface area contributed by atoms with Crippen molar-refractivity contribution < 1.29 is 22.7 Å². The molecule has 2 aliphatic rings. The maximum Gasteiger partial charge on any atom is 0.416 e. The molecule has 1 saturated carbocycles. The number of aliphatic hydroxyl groups is 1. The summed E-state index contributed by atoms with van der Waals surface area (Å²) in [7, 11) is 3.54. The van der Waals surface area contributed by atoms with E-state index in [1.807, 2.05) is 7.05 Å². The third-order valence-corrected chi connectivity index (χ3v) is 8.09. The van der Waals surface area contributed by atoms with Gasteiger partial charge in [-0.1, -0.05) is 17.8 Å². The molecular formula is C22H28BF4N5OS. The zero-order valence-electron chi connectivity index (χ0n) is 19.4. The van der Waals surface area contributed by atoms with Crippen LogP contribution in [0.15, 0.2) is 29.1 Å². The fraction of sp³-hybridized carbons (Fsp3) is 0.545. The Balaban J connectivity index is 1.26. The molecule has 184 valence electrons. The Morgan fingerprint density at radius 2 is 2.12 bits per heavy atom. The number of aliphatic hydroxyl groups excluding tert-OH is 1. The van der Waals surface area contributed by atoms with E-state index in [-0.39, 0.29) is 17.1 Å². The average Bonchev–Trinajstić information content (AvgIpc) is 3.12. The van der Waals surface area contributed by atoms with Crippen molar-refractivity contribution in [2.75, 3.05) is 25.4 Å².